The summed E-state index contributed by atoms with van der Waals surface area (Å²) in [4.78, 5) is 2.48. The first kappa shape index (κ1) is 17.0. The molecule has 0 fully saturated rings. The van der Waals surface area contributed by atoms with Gasteiger partial charge in [-0.05, 0) is 58.2 Å². The second-order valence-corrected chi connectivity index (χ2v) is 7.41. The van der Waals surface area contributed by atoms with Crippen LogP contribution < -0.4 is 10.2 Å². The van der Waals surface area contributed by atoms with Crippen LogP contribution in [0.1, 0.15) is 54.0 Å². The van der Waals surface area contributed by atoms with Crippen LogP contribution in [-0.2, 0) is 6.54 Å². The molecule has 114 valence electrons. The largest absolute Gasteiger partial charge is 0.369 e. The molecule has 0 amide bonds. The van der Waals surface area contributed by atoms with Crippen LogP contribution in [0.2, 0.25) is 0 Å². The van der Waals surface area contributed by atoms with E-state index in [-0.39, 0.29) is 5.54 Å². The fraction of sp³-hybridized carbons (Fsp3) is 0.667. The summed E-state index contributed by atoms with van der Waals surface area (Å²) < 4.78 is 0. The molecule has 1 aromatic rings. The van der Waals surface area contributed by atoms with Crippen LogP contribution in [0.3, 0.4) is 0 Å². The van der Waals surface area contributed by atoms with E-state index in [9.17, 15) is 0 Å². The lowest BCUT2D eigenvalue weighted by Crippen LogP contribution is -2.35. The summed E-state index contributed by atoms with van der Waals surface area (Å²) in [5.74, 6) is 0.680. The molecule has 0 radical (unpaired) electrons. The highest BCUT2D eigenvalue weighted by Gasteiger charge is 2.12. The van der Waals surface area contributed by atoms with Crippen LogP contribution in [0, 0.1) is 5.92 Å². The van der Waals surface area contributed by atoms with Gasteiger partial charge >= 0.3 is 0 Å². The highest BCUT2D eigenvalue weighted by molar-refractivity contribution is 5.48. The average Bonchev–Trinajstić information content (AvgIpc) is 2.33. The smallest absolute Gasteiger partial charge is 0.0368 e. The Morgan fingerprint density at radius 1 is 1.00 bits per heavy atom. The Kier molecular flexibility index (Phi) is 6.07. The Hall–Kier alpha value is -1.02. The number of nitrogens with zero attached hydrogens (tertiary/aromatic N) is 1. The van der Waals surface area contributed by atoms with Crippen molar-refractivity contribution in [3.8, 4) is 0 Å². The number of nitrogens with one attached hydrogen (secondary N) is 1. The Labute approximate surface area is 125 Å². The van der Waals surface area contributed by atoms with Gasteiger partial charge in [-0.25, -0.2) is 0 Å². The Balaban J connectivity index is 2.73. The predicted octanol–water partition coefficient (Wildman–Crippen LogP) is 4.45. The van der Waals surface area contributed by atoms with Crippen LogP contribution in [0.4, 0.5) is 5.69 Å². The lowest BCUT2D eigenvalue weighted by molar-refractivity contribution is 0.424. The van der Waals surface area contributed by atoms with Gasteiger partial charge in [0.05, 0.1) is 0 Å². The summed E-state index contributed by atoms with van der Waals surface area (Å²) in [6, 6.07) is 9.52. The van der Waals surface area contributed by atoms with Crippen molar-refractivity contribution in [2.24, 2.45) is 5.92 Å². The third-order valence-corrected chi connectivity index (χ3v) is 3.28. The van der Waals surface area contributed by atoms with E-state index < -0.39 is 0 Å². The summed E-state index contributed by atoms with van der Waals surface area (Å²) in [6.07, 6.45) is 0. The van der Waals surface area contributed by atoms with Gasteiger partial charge in [-0.3, -0.25) is 0 Å². The molecule has 2 heteroatoms. The van der Waals surface area contributed by atoms with Crippen LogP contribution in [0.5, 0.6) is 0 Å². The van der Waals surface area contributed by atoms with E-state index in [1.165, 1.54) is 11.3 Å². The molecule has 20 heavy (non-hydrogen) atoms. The SMILES string of the molecule is CC(C)CN(c1ccc(CNC(C)(C)C)cc1)C(C)C. The van der Waals surface area contributed by atoms with E-state index in [1.54, 1.807) is 0 Å². The molecule has 0 saturated heterocycles. The van der Waals surface area contributed by atoms with Crippen molar-refractivity contribution >= 4 is 5.69 Å². The Morgan fingerprint density at radius 3 is 1.95 bits per heavy atom. The predicted molar refractivity (Wildman–Crippen MR) is 90.4 cm³/mol. The second kappa shape index (κ2) is 7.12. The molecule has 0 aliphatic heterocycles. The molecule has 0 bridgehead atoms. The molecule has 2 nitrogen and oxygen atoms in total. The first-order valence-corrected chi connectivity index (χ1v) is 7.79. The van der Waals surface area contributed by atoms with Gasteiger partial charge in [0.1, 0.15) is 0 Å². The number of hydrogen-bond donors (Lipinski definition) is 1. The van der Waals surface area contributed by atoms with E-state index in [0.717, 1.165) is 13.1 Å². The van der Waals surface area contributed by atoms with Crippen molar-refractivity contribution in [1.29, 1.82) is 0 Å². The molecule has 0 unspecified atom stereocenters. The van der Waals surface area contributed by atoms with Gasteiger partial charge < -0.3 is 10.2 Å². The third-order valence-electron chi connectivity index (χ3n) is 3.28. The molecule has 1 aromatic carbocycles. The van der Waals surface area contributed by atoms with Crippen LogP contribution in [0.25, 0.3) is 0 Å². The highest BCUT2D eigenvalue weighted by Crippen LogP contribution is 2.19. The van der Waals surface area contributed by atoms with Crippen molar-refractivity contribution < 1.29 is 0 Å². The standard InChI is InChI=1S/C18H32N2/c1-14(2)13-20(15(3)4)17-10-8-16(9-11-17)12-19-18(5,6)7/h8-11,14-15,19H,12-13H2,1-7H3. The molecular weight excluding hydrogens is 244 g/mol. The normalized spacial score (nSPS) is 12.2. The zero-order chi connectivity index (χ0) is 15.3. The maximum absolute atomic E-state index is 3.53. The number of benzene rings is 1. The van der Waals surface area contributed by atoms with Crippen molar-refractivity contribution in [2.45, 2.75) is 66.6 Å². The molecule has 0 saturated carbocycles. The highest BCUT2D eigenvalue weighted by atomic mass is 15.2. The first-order valence-electron chi connectivity index (χ1n) is 7.79. The van der Waals surface area contributed by atoms with E-state index in [1.807, 2.05) is 0 Å². The van der Waals surface area contributed by atoms with Gasteiger partial charge in [-0.15, -0.1) is 0 Å². The summed E-state index contributed by atoms with van der Waals surface area (Å²) in [5, 5.41) is 3.53. The van der Waals surface area contributed by atoms with E-state index in [2.05, 4.69) is 82.9 Å². The van der Waals surface area contributed by atoms with E-state index >= 15 is 0 Å². The fourth-order valence-corrected chi connectivity index (χ4v) is 2.18. The minimum absolute atomic E-state index is 0.167. The van der Waals surface area contributed by atoms with Gasteiger partial charge in [0, 0.05) is 30.4 Å². The molecule has 1 N–H and O–H groups in total. The zero-order valence-corrected chi connectivity index (χ0v) is 14.3. The molecule has 0 atom stereocenters. The second-order valence-electron chi connectivity index (χ2n) is 7.41. The number of hydrogen-bond acceptors (Lipinski definition) is 2. The van der Waals surface area contributed by atoms with Crippen molar-refractivity contribution in [3.63, 3.8) is 0 Å². The van der Waals surface area contributed by atoms with E-state index in [4.69, 9.17) is 0 Å². The van der Waals surface area contributed by atoms with Crippen LogP contribution in [-0.4, -0.2) is 18.1 Å². The summed E-state index contributed by atoms with van der Waals surface area (Å²) in [6.45, 7) is 17.7. The molecular formula is C18H32N2. The van der Waals surface area contributed by atoms with Gasteiger partial charge in [-0.1, -0.05) is 26.0 Å². The monoisotopic (exact) mass is 276 g/mol. The molecule has 0 aliphatic rings. The first-order chi connectivity index (χ1) is 9.19. The third kappa shape index (κ3) is 5.96. The Morgan fingerprint density at radius 2 is 1.55 bits per heavy atom. The molecule has 0 spiro atoms. The van der Waals surface area contributed by atoms with Crippen molar-refractivity contribution in [2.75, 3.05) is 11.4 Å². The summed E-state index contributed by atoms with van der Waals surface area (Å²) in [7, 11) is 0. The molecule has 0 aromatic heterocycles. The minimum Gasteiger partial charge on any atom is -0.369 e. The van der Waals surface area contributed by atoms with Crippen LogP contribution >= 0.6 is 0 Å². The molecule has 0 aliphatic carbocycles. The maximum atomic E-state index is 3.53. The minimum atomic E-state index is 0.167. The van der Waals surface area contributed by atoms with Gasteiger partial charge in [0.25, 0.3) is 0 Å². The lowest BCUT2D eigenvalue weighted by atomic mass is 10.1. The number of anilines is 1. The molecule has 0 heterocycles. The summed E-state index contributed by atoms with van der Waals surface area (Å²) >= 11 is 0. The average molecular weight is 276 g/mol. The fourth-order valence-electron chi connectivity index (χ4n) is 2.18. The lowest BCUT2D eigenvalue weighted by Gasteiger charge is -2.31. The quantitative estimate of drug-likeness (QED) is 0.826. The summed E-state index contributed by atoms with van der Waals surface area (Å²) in [5.41, 5.74) is 2.84. The topological polar surface area (TPSA) is 15.3 Å². The molecule has 1 rings (SSSR count). The van der Waals surface area contributed by atoms with Gasteiger partial charge in [-0.2, -0.15) is 0 Å². The van der Waals surface area contributed by atoms with Gasteiger partial charge in [0.2, 0.25) is 0 Å². The van der Waals surface area contributed by atoms with Crippen molar-refractivity contribution in [3.05, 3.63) is 29.8 Å². The van der Waals surface area contributed by atoms with Crippen molar-refractivity contribution in [1.82, 2.24) is 5.32 Å². The van der Waals surface area contributed by atoms with Gasteiger partial charge in [0.15, 0.2) is 0 Å². The number of rotatable bonds is 6. The zero-order valence-electron chi connectivity index (χ0n) is 14.3. The maximum Gasteiger partial charge on any atom is 0.0368 e. The van der Waals surface area contributed by atoms with Crippen LogP contribution in [0.15, 0.2) is 24.3 Å². The van der Waals surface area contributed by atoms with E-state index in [0.29, 0.717) is 12.0 Å². The Bertz CT molecular complexity index is 385.